The number of hydrogen-bond donors (Lipinski definition) is 4. The molecule has 1 aliphatic heterocycles. The molecule has 11 heteroatoms. The third-order valence-corrected chi connectivity index (χ3v) is 5.53. The van der Waals surface area contributed by atoms with Crippen molar-refractivity contribution >= 4 is 45.8 Å². The second-order valence-electron chi connectivity index (χ2n) is 5.93. The van der Waals surface area contributed by atoms with E-state index in [1.807, 2.05) is 0 Å². The molecule has 10 nitrogen and oxygen atoms in total. The van der Waals surface area contributed by atoms with Gasteiger partial charge in [0.25, 0.3) is 0 Å². The Morgan fingerprint density at radius 1 is 0.897 bits per heavy atom. The van der Waals surface area contributed by atoms with Crippen molar-refractivity contribution < 1.29 is 49.1 Å². The predicted octanol–water partition coefficient (Wildman–Crippen LogP) is 1.41. The summed E-state index contributed by atoms with van der Waals surface area (Å²) in [5.41, 5.74) is 0. The number of carbonyl (C=O) groups excluding carboxylic acids is 1. The molecule has 6 atom stereocenters. The molecular formula is C18H21BrO10. The van der Waals surface area contributed by atoms with E-state index in [1.54, 1.807) is 0 Å². The van der Waals surface area contributed by atoms with E-state index in [9.17, 15) is 24.0 Å². The fraction of sp³-hybridized carbons (Fsp3) is 0.389. The van der Waals surface area contributed by atoms with Gasteiger partial charge in [0.05, 0.1) is 16.7 Å². The van der Waals surface area contributed by atoms with E-state index in [4.69, 9.17) is 25.2 Å². The first-order valence-corrected chi connectivity index (χ1v) is 8.97. The Balaban J connectivity index is 0.000000439. The summed E-state index contributed by atoms with van der Waals surface area (Å²) in [5, 5.41) is 31.9. The average Bonchev–Trinajstić information content (AvgIpc) is 3.27. The van der Waals surface area contributed by atoms with Crippen molar-refractivity contribution in [3.63, 3.8) is 0 Å². The van der Waals surface area contributed by atoms with Gasteiger partial charge in [-0.1, -0.05) is 35.7 Å². The second-order valence-corrected chi connectivity index (χ2v) is 6.98. The van der Waals surface area contributed by atoms with E-state index >= 15 is 0 Å². The number of esters is 1. The maximum Gasteiger partial charge on any atom is 0.327 e. The summed E-state index contributed by atoms with van der Waals surface area (Å²) in [4.78, 5) is 50.3. The van der Waals surface area contributed by atoms with Crippen molar-refractivity contribution in [3.8, 4) is 0 Å². The van der Waals surface area contributed by atoms with Crippen LogP contribution in [0.15, 0.2) is 38.0 Å². The second kappa shape index (κ2) is 11.8. The van der Waals surface area contributed by atoms with Crippen LogP contribution in [-0.4, -0.2) is 61.2 Å². The number of carboxylic acids is 4. The van der Waals surface area contributed by atoms with Gasteiger partial charge in [0, 0.05) is 24.1 Å². The first kappa shape index (κ1) is 26.1. The molecule has 1 saturated heterocycles. The van der Waals surface area contributed by atoms with Crippen LogP contribution in [0.25, 0.3) is 0 Å². The molecule has 160 valence electrons. The number of aliphatic carboxylic acids is 4. The first-order chi connectivity index (χ1) is 13.4. The van der Waals surface area contributed by atoms with Crippen molar-refractivity contribution in [3.05, 3.63) is 38.0 Å². The molecule has 3 fully saturated rings. The molecule has 0 aromatic heterocycles. The molecule has 4 N–H and O–H groups in total. The summed E-state index contributed by atoms with van der Waals surface area (Å²) in [6, 6.07) is 0. The zero-order chi connectivity index (χ0) is 22.9. The number of rotatable bonds is 4. The van der Waals surface area contributed by atoms with Crippen LogP contribution in [-0.2, 0) is 28.7 Å². The number of halogens is 1. The Morgan fingerprint density at radius 2 is 1.28 bits per heavy atom. The van der Waals surface area contributed by atoms with Crippen molar-refractivity contribution in [2.75, 3.05) is 0 Å². The molecule has 3 rings (SSSR count). The van der Waals surface area contributed by atoms with E-state index in [-0.39, 0.29) is 34.7 Å². The highest BCUT2D eigenvalue weighted by Crippen LogP contribution is 2.59. The lowest BCUT2D eigenvalue weighted by atomic mass is 9.80. The van der Waals surface area contributed by atoms with Crippen LogP contribution in [0.3, 0.4) is 0 Å². The Hall–Kier alpha value is -2.95. The summed E-state index contributed by atoms with van der Waals surface area (Å²) in [7, 11) is 0. The molecule has 1 heterocycles. The first-order valence-electron chi connectivity index (χ1n) is 8.06. The van der Waals surface area contributed by atoms with Crippen LogP contribution in [0.1, 0.15) is 6.42 Å². The van der Waals surface area contributed by atoms with Gasteiger partial charge in [-0.2, -0.15) is 0 Å². The van der Waals surface area contributed by atoms with E-state index in [0.717, 1.165) is 24.6 Å². The van der Waals surface area contributed by atoms with Crippen LogP contribution < -0.4 is 0 Å². The number of carboxylic acid groups (broad SMARTS) is 4. The summed E-state index contributed by atoms with van der Waals surface area (Å²) in [6.45, 7) is 8.88. The van der Waals surface area contributed by atoms with Crippen molar-refractivity contribution in [1.82, 2.24) is 0 Å². The Kier molecular flexibility index (Phi) is 10.6. The van der Waals surface area contributed by atoms with Gasteiger partial charge >= 0.3 is 29.8 Å². The Labute approximate surface area is 174 Å². The topological polar surface area (TPSA) is 175 Å². The fourth-order valence-corrected chi connectivity index (χ4v) is 4.35. The highest BCUT2D eigenvalue weighted by atomic mass is 79.9. The molecule has 6 unspecified atom stereocenters. The number of carbonyl (C=O) groups is 5. The molecule has 29 heavy (non-hydrogen) atoms. The molecule has 0 aromatic carbocycles. The summed E-state index contributed by atoms with van der Waals surface area (Å²) >= 11 is 3.44. The van der Waals surface area contributed by atoms with Gasteiger partial charge in [-0.05, 0) is 12.3 Å². The molecule has 0 amide bonds. The average molecular weight is 477 g/mol. The molecule has 2 bridgehead atoms. The highest BCUT2D eigenvalue weighted by molar-refractivity contribution is 9.09. The van der Waals surface area contributed by atoms with Gasteiger partial charge in [-0.25, -0.2) is 14.4 Å². The Bertz CT molecular complexity index is 658. The van der Waals surface area contributed by atoms with Crippen molar-refractivity contribution in [2.45, 2.75) is 17.4 Å². The summed E-state index contributed by atoms with van der Waals surface area (Å²) < 4.78 is 5.18. The number of hydrogen-bond acceptors (Lipinski definition) is 6. The van der Waals surface area contributed by atoms with E-state index in [0.29, 0.717) is 0 Å². The number of alkyl halides is 1. The minimum absolute atomic E-state index is 0.0382. The van der Waals surface area contributed by atoms with Crippen LogP contribution in [0.5, 0.6) is 0 Å². The largest absolute Gasteiger partial charge is 0.481 e. The summed E-state index contributed by atoms with van der Waals surface area (Å²) in [6.07, 6.45) is 3.24. The Morgan fingerprint density at radius 3 is 1.59 bits per heavy atom. The molecule has 0 radical (unpaired) electrons. The van der Waals surface area contributed by atoms with Crippen LogP contribution >= 0.6 is 15.9 Å². The van der Waals surface area contributed by atoms with Gasteiger partial charge in [0.1, 0.15) is 6.10 Å². The maximum absolute atomic E-state index is 11.4. The quantitative estimate of drug-likeness (QED) is 0.263. The SMILES string of the molecule is C=CC(=O)O.C=CC(=O)O.C=CC(=O)O.O=C(O)C1C2CC3C(OC(=O)C31)C2Br. The van der Waals surface area contributed by atoms with Crippen LogP contribution in [0.2, 0.25) is 0 Å². The molecular weight excluding hydrogens is 456 g/mol. The molecule has 2 saturated carbocycles. The zero-order valence-electron chi connectivity index (χ0n) is 15.1. The minimum atomic E-state index is -0.981. The van der Waals surface area contributed by atoms with Crippen molar-refractivity contribution in [2.24, 2.45) is 23.7 Å². The fourth-order valence-electron chi connectivity index (χ4n) is 3.31. The molecule has 0 aromatic rings. The van der Waals surface area contributed by atoms with Gasteiger partial charge in [-0.15, -0.1) is 0 Å². The summed E-state index contributed by atoms with van der Waals surface area (Å²) in [5.74, 6) is -4.81. The van der Waals surface area contributed by atoms with Crippen molar-refractivity contribution in [1.29, 1.82) is 0 Å². The van der Waals surface area contributed by atoms with E-state index in [2.05, 4.69) is 35.7 Å². The molecule has 3 aliphatic rings. The van der Waals surface area contributed by atoms with Gasteiger partial charge < -0.3 is 25.2 Å². The van der Waals surface area contributed by atoms with Crippen LogP contribution in [0.4, 0.5) is 0 Å². The lowest BCUT2D eigenvalue weighted by Crippen LogP contribution is -2.37. The van der Waals surface area contributed by atoms with Crippen LogP contribution in [0, 0.1) is 23.7 Å². The molecule has 0 spiro atoms. The standard InChI is InChI=1S/C9H9BrO4.3C3H4O2/c10-6-2-1-3-5(4(2)8(11)12)9(13)14-7(3)6;3*1-2-3(4)5/h2-7H,1H2,(H,11,12);3*2H,1H2,(H,4,5). The monoisotopic (exact) mass is 476 g/mol. The van der Waals surface area contributed by atoms with Gasteiger partial charge in [0.2, 0.25) is 0 Å². The van der Waals surface area contributed by atoms with E-state index < -0.39 is 29.8 Å². The lowest BCUT2D eigenvalue weighted by Gasteiger charge is -2.25. The number of fused-ring (bicyclic) bond motifs is 1. The number of ether oxygens (including phenoxy) is 1. The maximum atomic E-state index is 11.4. The normalized spacial score (nSPS) is 29.2. The zero-order valence-corrected chi connectivity index (χ0v) is 16.7. The van der Waals surface area contributed by atoms with Gasteiger partial charge in [-0.3, -0.25) is 9.59 Å². The van der Waals surface area contributed by atoms with E-state index in [1.165, 1.54) is 0 Å². The lowest BCUT2D eigenvalue weighted by molar-refractivity contribution is -0.151. The minimum Gasteiger partial charge on any atom is -0.481 e. The third kappa shape index (κ3) is 7.18. The molecule has 2 aliphatic carbocycles. The van der Waals surface area contributed by atoms with Gasteiger partial charge in [0.15, 0.2) is 0 Å². The third-order valence-electron chi connectivity index (χ3n) is 4.33. The smallest absolute Gasteiger partial charge is 0.327 e. The highest BCUT2D eigenvalue weighted by Gasteiger charge is 2.67. The predicted molar refractivity (Wildman–Crippen MR) is 102 cm³/mol.